The van der Waals surface area contributed by atoms with Gasteiger partial charge in [-0.3, -0.25) is 0 Å². The molecule has 1 N–H and O–H groups in total. The maximum atomic E-state index is 5.41. The van der Waals surface area contributed by atoms with E-state index in [1.54, 1.807) is 0 Å². The maximum absolute atomic E-state index is 5.41. The fraction of sp³-hybridized carbons (Fsp3) is 0.571. The number of rotatable bonds is 3. The fourth-order valence-corrected chi connectivity index (χ4v) is 2.51. The van der Waals surface area contributed by atoms with Crippen LogP contribution in [0.2, 0.25) is 0 Å². The molecule has 0 unspecified atom stereocenters. The molecule has 98 valence electrons. The van der Waals surface area contributed by atoms with Gasteiger partial charge in [-0.25, -0.2) is 0 Å². The Bertz CT molecular complexity index is 401. The van der Waals surface area contributed by atoms with Gasteiger partial charge >= 0.3 is 0 Å². The molecule has 2 heterocycles. The van der Waals surface area contributed by atoms with Crippen LogP contribution in [-0.2, 0) is 6.42 Å². The maximum Gasteiger partial charge on any atom is 0.231 e. The molecule has 0 aliphatic carbocycles. The third-order valence-corrected chi connectivity index (χ3v) is 3.59. The van der Waals surface area contributed by atoms with E-state index in [4.69, 9.17) is 9.47 Å². The molecule has 0 aromatic heterocycles. The molecule has 1 aromatic carbocycles. The Morgan fingerprint density at radius 3 is 3.06 bits per heavy atom. The van der Waals surface area contributed by atoms with Crippen molar-refractivity contribution in [3.63, 3.8) is 0 Å². The lowest BCUT2D eigenvalue weighted by Gasteiger charge is -2.19. The van der Waals surface area contributed by atoms with Crippen LogP contribution in [-0.4, -0.2) is 44.4 Å². The third kappa shape index (κ3) is 2.76. The van der Waals surface area contributed by atoms with Crippen molar-refractivity contribution < 1.29 is 9.47 Å². The average molecular weight is 248 g/mol. The first-order valence-corrected chi connectivity index (χ1v) is 6.73. The number of fused-ring (bicyclic) bond motifs is 1. The molecule has 2 aliphatic heterocycles. The lowest BCUT2D eigenvalue weighted by molar-refractivity contribution is 0.174. The van der Waals surface area contributed by atoms with Crippen LogP contribution >= 0.6 is 0 Å². The second kappa shape index (κ2) is 5.59. The summed E-state index contributed by atoms with van der Waals surface area (Å²) < 4.78 is 10.7. The van der Waals surface area contributed by atoms with Crippen molar-refractivity contribution in [1.82, 2.24) is 10.2 Å². The van der Waals surface area contributed by atoms with E-state index in [2.05, 4.69) is 22.3 Å². The average Bonchev–Trinajstić information content (AvgIpc) is 2.70. The highest BCUT2D eigenvalue weighted by Crippen LogP contribution is 2.32. The summed E-state index contributed by atoms with van der Waals surface area (Å²) in [4.78, 5) is 2.53. The molecular formula is C14H20N2O2. The number of hydrogen-bond acceptors (Lipinski definition) is 4. The third-order valence-electron chi connectivity index (χ3n) is 3.59. The summed E-state index contributed by atoms with van der Waals surface area (Å²) in [6, 6.07) is 6.27. The molecule has 0 bridgehead atoms. The zero-order valence-electron chi connectivity index (χ0n) is 10.7. The van der Waals surface area contributed by atoms with Gasteiger partial charge in [-0.15, -0.1) is 0 Å². The highest BCUT2D eigenvalue weighted by Gasteiger charge is 2.14. The van der Waals surface area contributed by atoms with Crippen LogP contribution in [0.4, 0.5) is 0 Å². The van der Waals surface area contributed by atoms with E-state index in [-0.39, 0.29) is 0 Å². The van der Waals surface area contributed by atoms with E-state index in [0.29, 0.717) is 6.79 Å². The van der Waals surface area contributed by atoms with E-state index >= 15 is 0 Å². The highest BCUT2D eigenvalue weighted by atomic mass is 16.7. The predicted octanol–water partition coefficient (Wildman–Crippen LogP) is 1.25. The first-order valence-electron chi connectivity index (χ1n) is 6.73. The molecular weight excluding hydrogens is 228 g/mol. The molecule has 3 rings (SSSR count). The summed E-state index contributed by atoms with van der Waals surface area (Å²) in [7, 11) is 0. The van der Waals surface area contributed by atoms with Gasteiger partial charge in [0, 0.05) is 19.6 Å². The van der Waals surface area contributed by atoms with E-state index in [1.165, 1.54) is 18.5 Å². The van der Waals surface area contributed by atoms with Crippen molar-refractivity contribution in [1.29, 1.82) is 0 Å². The van der Waals surface area contributed by atoms with Crippen molar-refractivity contribution in [2.24, 2.45) is 0 Å². The standard InChI is InChI=1S/C14H20N2O2/c1-5-15-6-9-16(7-1)8-4-12-2-3-13-14(10-12)18-11-17-13/h2-3,10,15H,1,4-9,11H2. The van der Waals surface area contributed by atoms with Gasteiger partial charge in [0.15, 0.2) is 11.5 Å². The van der Waals surface area contributed by atoms with Gasteiger partial charge in [0.25, 0.3) is 0 Å². The second-order valence-corrected chi connectivity index (χ2v) is 4.88. The number of hydrogen-bond donors (Lipinski definition) is 1. The van der Waals surface area contributed by atoms with Crippen molar-refractivity contribution >= 4 is 0 Å². The minimum atomic E-state index is 0.358. The molecule has 1 aromatic rings. The Morgan fingerprint density at radius 1 is 1.11 bits per heavy atom. The van der Waals surface area contributed by atoms with Gasteiger partial charge in [0.1, 0.15) is 0 Å². The minimum Gasteiger partial charge on any atom is -0.454 e. The van der Waals surface area contributed by atoms with Crippen LogP contribution in [0.5, 0.6) is 11.5 Å². The van der Waals surface area contributed by atoms with Gasteiger partial charge in [-0.2, -0.15) is 0 Å². The first-order chi connectivity index (χ1) is 8.92. The Kier molecular flexibility index (Phi) is 3.67. The van der Waals surface area contributed by atoms with Gasteiger partial charge in [-0.05, 0) is 43.6 Å². The first kappa shape index (κ1) is 11.8. The molecule has 1 saturated heterocycles. The van der Waals surface area contributed by atoms with Gasteiger partial charge in [0.05, 0.1) is 0 Å². The van der Waals surface area contributed by atoms with Crippen LogP contribution in [0, 0.1) is 0 Å². The number of nitrogens with one attached hydrogen (secondary N) is 1. The SMILES string of the molecule is c1cc2c(cc1CCN1CCCNCC1)OCO2. The Morgan fingerprint density at radius 2 is 2.06 bits per heavy atom. The molecule has 0 spiro atoms. The number of benzene rings is 1. The van der Waals surface area contributed by atoms with Gasteiger partial charge in [-0.1, -0.05) is 6.07 Å². The summed E-state index contributed by atoms with van der Waals surface area (Å²) in [5, 5.41) is 3.43. The molecule has 0 saturated carbocycles. The quantitative estimate of drug-likeness (QED) is 0.873. The van der Waals surface area contributed by atoms with E-state index < -0.39 is 0 Å². The largest absolute Gasteiger partial charge is 0.454 e. The molecule has 0 amide bonds. The number of ether oxygens (including phenoxy) is 2. The Hall–Kier alpha value is -1.26. The van der Waals surface area contributed by atoms with Gasteiger partial charge < -0.3 is 19.7 Å². The molecule has 0 radical (unpaired) electrons. The molecule has 2 aliphatic rings. The molecule has 4 nitrogen and oxygen atoms in total. The van der Waals surface area contributed by atoms with Crippen molar-refractivity contribution in [2.75, 3.05) is 39.5 Å². The van der Waals surface area contributed by atoms with Crippen LogP contribution < -0.4 is 14.8 Å². The zero-order chi connectivity index (χ0) is 12.2. The van der Waals surface area contributed by atoms with Crippen LogP contribution in [0.25, 0.3) is 0 Å². The van der Waals surface area contributed by atoms with E-state index in [1.807, 2.05) is 6.07 Å². The van der Waals surface area contributed by atoms with Crippen molar-refractivity contribution in [3.05, 3.63) is 23.8 Å². The predicted molar refractivity (Wildman–Crippen MR) is 70.2 cm³/mol. The topological polar surface area (TPSA) is 33.7 Å². The van der Waals surface area contributed by atoms with Crippen molar-refractivity contribution in [2.45, 2.75) is 12.8 Å². The van der Waals surface area contributed by atoms with Crippen LogP contribution in [0.15, 0.2) is 18.2 Å². The second-order valence-electron chi connectivity index (χ2n) is 4.88. The summed E-state index contributed by atoms with van der Waals surface area (Å²) in [5.41, 5.74) is 1.33. The number of nitrogens with zero attached hydrogens (tertiary/aromatic N) is 1. The summed E-state index contributed by atoms with van der Waals surface area (Å²) >= 11 is 0. The summed E-state index contributed by atoms with van der Waals surface area (Å²) in [6.45, 7) is 6.11. The fourth-order valence-electron chi connectivity index (χ4n) is 2.51. The Labute approximate surface area is 108 Å². The minimum absolute atomic E-state index is 0.358. The molecule has 4 heteroatoms. The van der Waals surface area contributed by atoms with Crippen molar-refractivity contribution in [3.8, 4) is 11.5 Å². The lowest BCUT2D eigenvalue weighted by atomic mass is 10.1. The van der Waals surface area contributed by atoms with Crippen LogP contribution in [0.3, 0.4) is 0 Å². The van der Waals surface area contributed by atoms with Crippen LogP contribution in [0.1, 0.15) is 12.0 Å². The van der Waals surface area contributed by atoms with E-state index in [0.717, 1.165) is 44.1 Å². The Balaban J connectivity index is 1.56. The molecule has 18 heavy (non-hydrogen) atoms. The summed E-state index contributed by atoms with van der Waals surface area (Å²) in [5.74, 6) is 1.77. The highest BCUT2D eigenvalue weighted by molar-refractivity contribution is 5.44. The monoisotopic (exact) mass is 248 g/mol. The summed E-state index contributed by atoms with van der Waals surface area (Å²) in [6.07, 6.45) is 2.33. The van der Waals surface area contributed by atoms with Gasteiger partial charge in [0.2, 0.25) is 6.79 Å². The lowest BCUT2D eigenvalue weighted by Crippen LogP contribution is -2.30. The molecule has 0 atom stereocenters. The zero-order valence-corrected chi connectivity index (χ0v) is 10.7. The molecule has 1 fully saturated rings. The van der Waals surface area contributed by atoms with E-state index in [9.17, 15) is 0 Å². The normalized spacial score (nSPS) is 19.8. The smallest absolute Gasteiger partial charge is 0.231 e.